The second-order valence-electron chi connectivity index (χ2n) is 5.47. The summed E-state index contributed by atoms with van der Waals surface area (Å²) in [7, 11) is 0. The minimum Gasteiger partial charge on any atom is -0.467 e. The maximum Gasteiger partial charge on any atom is 0.126 e. The highest BCUT2D eigenvalue weighted by Gasteiger charge is 2.26. The van der Waals surface area contributed by atoms with Crippen LogP contribution in [-0.2, 0) is 0 Å². The Balaban J connectivity index is 1.72. The Morgan fingerprint density at radius 2 is 2.10 bits per heavy atom. The van der Waals surface area contributed by atoms with Crippen molar-refractivity contribution in [2.75, 3.05) is 6.26 Å². The van der Waals surface area contributed by atoms with Crippen molar-refractivity contribution in [2.45, 2.75) is 43.0 Å². The Morgan fingerprint density at radius 3 is 2.67 bits per heavy atom. The van der Waals surface area contributed by atoms with Crippen LogP contribution in [0, 0.1) is 0 Å². The van der Waals surface area contributed by atoms with E-state index in [9.17, 15) is 0 Å². The van der Waals surface area contributed by atoms with Crippen molar-refractivity contribution in [3.63, 3.8) is 0 Å². The Morgan fingerprint density at radius 1 is 1.29 bits per heavy atom. The van der Waals surface area contributed by atoms with Gasteiger partial charge in [-0.2, -0.15) is 11.8 Å². The summed E-state index contributed by atoms with van der Waals surface area (Å²) in [5.41, 5.74) is 0. The lowest BCUT2D eigenvalue weighted by molar-refractivity contribution is 0.339. The molecule has 2 heterocycles. The predicted molar refractivity (Wildman–Crippen MR) is 92.6 cm³/mol. The van der Waals surface area contributed by atoms with Crippen LogP contribution in [0.15, 0.2) is 34.9 Å². The lowest BCUT2D eigenvalue weighted by atomic mass is 9.94. The van der Waals surface area contributed by atoms with Crippen LogP contribution >= 0.6 is 34.7 Å². The molecule has 21 heavy (non-hydrogen) atoms. The van der Waals surface area contributed by atoms with Gasteiger partial charge in [-0.05, 0) is 56.2 Å². The molecule has 1 unspecified atom stereocenters. The minimum absolute atomic E-state index is 0.119. The van der Waals surface area contributed by atoms with Gasteiger partial charge in [-0.3, -0.25) is 0 Å². The number of nitrogens with one attached hydrogen (secondary N) is 1. The summed E-state index contributed by atoms with van der Waals surface area (Å²) in [6, 6.07) is 8.73. The molecule has 114 valence electrons. The van der Waals surface area contributed by atoms with Gasteiger partial charge < -0.3 is 9.73 Å². The van der Waals surface area contributed by atoms with Crippen molar-refractivity contribution in [2.24, 2.45) is 0 Å². The lowest BCUT2D eigenvalue weighted by Crippen LogP contribution is -2.36. The quantitative estimate of drug-likeness (QED) is 0.793. The van der Waals surface area contributed by atoms with Crippen LogP contribution < -0.4 is 5.32 Å². The Kier molecular flexibility index (Phi) is 5.33. The van der Waals surface area contributed by atoms with Gasteiger partial charge in [0.1, 0.15) is 11.8 Å². The molecule has 0 aliphatic heterocycles. The molecule has 2 aromatic heterocycles. The third kappa shape index (κ3) is 3.86. The van der Waals surface area contributed by atoms with E-state index in [2.05, 4.69) is 17.6 Å². The maximum absolute atomic E-state index is 6.10. The topological polar surface area (TPSA) is 25.2 Å². The van der Waals surface area contributed by atoms with E-state index < -0.39 is 0 Å². The normalized spacial score (nSPS) is 24.1. The van der Waals surface area contributed by atoms with Crippen LogP contribution in [0.1, 0.15) is 42.4 Å². The Bertz CT molecular complexity index is 546. The molecular weight excluding hydrogens is 322 g/mol. The lowest BCUT2D eigenvalue weighted by Gasteiger charge is -2.30. The van der Waals surface area contributed by atoms with Gasteiger partial charge >= 0.3 is 0 Å². The molecule has 0 radical (unpaired) electrons. The van der Waals surface area contributed by atoms with Crippen LogP contribution in [0.4, 0.5) is 0 Å². The molecule has 3 rings (SSSR count). The number of hydrogen-bond acceptors (Lipinski definition) is 4. The monoisotopic (exact) mass is 341 g/mol. The van der Waals surface area contributed by atoms with Gasteiger partial charge in [0.2, 0.25) is 0 Å². The molecule has 0 spiro atoms. The number of halogens is 1. The summed E-state index contributed by atoms with van der Waals surface area (Å²) >= 11 is 9.73. The molecule has 5 heteroatoms. The summed E-state index contributed by atoms with van der Waals surface area (Å²) in [4.78, 5) is 1.22. The SMILES string of the molecule is CSC1CCC(NC(c2ccco2)c2ccc(Cl)s2)CC1. The number of thiophene rings is 1. The molecule has 0 saturated heterocycles. The number of hydrogen-bond donors (Lipinski definition) is 1. The molecular formula is C16H20ClNOS2. The summed E-state index contributed by atoms with van der Waals surface area (Å²) in [5.74, 6) is 0.973. The number of furan rings is 1. The fourth-order valence-corrected chi connectivity index (χ4v) is 4.82. The molecule has 2 aromatic rings. The molecule has 1 N–H and O–H groups in total. The predicted octanol–water partition coefficient (Wildman–Crippen LogP) is 5.35. The van der Waals surface area contributed by atoms with Gasteiger partial charge in [0.25, 0.3) is 0 Å². The average Bonchev–Trinajstić information content (AvgIpc) is 3.17. The van der Waals surface area contributed by atoms with Gasteiger partial charge in [0, 0.05) is 16.2 Å². The van der Waals surface area contributed by atoms with Crippen molar-refractivity contribution >= 4 is 34.7 Å². The van der Waals surface area contributed by atoms with Crippen molar-refractivity contribution in [3.05, 3.63) is 45.5 Å². The van der Waals surface area contributed by atoms with Gasteiger partial charge in [-0.25, -0.2) is 0 Å². The molecule has 1 aliphatic rings. The fraction of sp³-hybridized carbons (Fsp3) is 0.500. The molecule has 0 bridgehead atoms. The molecule has 1 atom stereocenters. The molecule has 1 fully saturated rings. The molecule has 2 nitrogen and oxygen atoms in total. The largest absolute Gasteiger partial charge is 0.467 e. The van der Waals surface area contributed by atoms with E-state index in [4.69, 9.17) is 16.0 Å². The molecule has 1 aliphatic carbocycles. The van der Waals surface area contributed by atoms with Crippen LogP contribution in [0.3, 0.4) is 0 Å². The van der Waals surface area contributed by atoms with Gasteiger partial charge in [0.15, 0.2) is 0 Å². The van der Waals surface area contributed by atoms with E-state index in [0.29, 0.717) is 6.04 Å². The zero-order valence-corrected chi connectivity index (χ0v) is 14.4. The van der Waals surface area contributed by atoms with E-state index in [-0.39, 0.29) is 6.04 Å². The third-order valence-electron chi connectivity index (χ3n) is 4.12. The van der Waals surface area contributed by atoms with E-state index in [1.54, 1.807) is 17.6 Å². The summed E-state index contributed by atoms with van der Waals surface area (Å²) in [6.07, 6.45) is 9.04. The number of thioether (sulfide) groups is 1. The van der Waals surface area contributed by atoms with Crippen LogP contribution in [-0.4, -0.2) is 17.5 Å². The second kappa shape index (κ2) is 7.23. The van der Waals surface area contributed by atoms with E-state index in [1.807, 2.05) is 30.0 Å². The van der Waals surface area contributed by atoms with E-state index in [0.717, 1.165) is 15.3 Å². The van der Waals surface area contributed by atoms with Gasteiger partial charge in [0.05, 0.1) is 10.6 Å². The van der Waals surface area contributed by atoms with Crippen molar-refractivity contribution in [1.29, 1.82) is 0 Å². The Labute approximate surface area is 139 Å². The number of rotatable bonds is 5. The molecule has 1 saturated carbocycles. The first-order valence-corrected chi connectivity index (χ1v) is 9.82. The summed E-state index contributed by atoms with van der Waals surface area (Å²) in [5, 5.41) is 4.62. The first-order chi connectivity index (χ1) is 10.3. The van der Waals surface area contributed by atoms with E-state index in [1.165, 1.54) is 30.6 Å². The second-order valence-corrected chi connectivity index (χ2v) is 8.35. The maximum atomic E-state index is 6.10. The van der Waals surface area contributed by atoms with Crippen LogP contribution in [0.25, 0.3) is 0 Å². The summed E-state index contributed by atoms with van der Waals surface area (Å²) < 4.78 is 6.47. The van der Waals surface area contributed by atoms with Gasteiger partial charge in [-0.1, -0.05) is 11.6 Å². The smallest absolute Gasteiger partial charge is 0.126 e. The highest BCUT2D eigenvalue weighted by atomic mass is 35.5. The highest BCUT2D eigenvalue weighted by molar-refractivity contribution is 7.99. The zero-order chi connectivity index (χ0) is 14.7. The Hall–Kier alpha value is -0.420. The van der Waals surface area contributed by atoms with Crippen molar-refractivity contribution in [1.82, 2.24) is 5.32 Å². The van der Waals surface area contributed by atoms with Crippen LogP contribution in [0.2, 0.25) is 4.34 Å². The zero-order valence-electron chi connectivity index (χ0n) is 12.0. The first kappa shape index (κ1) is 15.5. The van der Waals surface area contributed by atoms with Crippen LogP contribution in [0.5, 0.6) is 0 Å². The average molecular weight is 342 g/mol. The first-order valence-electron chi connectivity index (χ1n) is 7.33. The summed E-state index contributed by atoms with van der Waals surface area (Å²) in [6.45, 7) is 0. The minimum atomic E-state index is 0.119. The standard InChI is InChI=1S/C16H20ClNOS2/c1-20-12-6-4-11(5-7-12)18-16(13-3-2-10-19-13)14-8-9-15(17)21-14/h2-3,8-12,16,18H,4-7H2,1H3. The van der Waals surface area contributed by atoms with E-state index >= 15 is 0 Å². The molecule has 0 aromatic carbocycles. The van der Waals surface area contributed by atoms with Gasteiger partial charge in [-0.15, -0.1) is 11.3 Å². The fourth-order valence-electron chi connectivity index (χ4n) is 2.94. The molecule has 0 amide bonds. The third-order valence-corrected chi connectivity index (χ3v) is 6.55. The van der Waals surface area contributed by atoms with Crippen molar-refractivity contribution < 1.29 is 4.42 Å². The van der Waals surface area contributed by atoms with Crippen molar-refractivity contribution in [3.8, 4) is 0 Å². The highest BCUT2D eigenvalue weighted by Crippen LogP contribution is 2.34.